The summed E-state index contributed by atoms with van der Waals surface area (Å²) in [5.41, 5.74) is 0.957. The van der Waals surface area contributed by atoms with Crippen molar-refractivity contribution in [1.82, 2.24) is 20.1 Å². The minimum atomic E-state index is -0.0332. The lowest BCUT2D eigenvalue weighted by atomic mass is 10.1. The topological polar surface area (TPSA) is 59.8 Å². The van der Waals surface area contributed by atoms with Crippen LogP contribution in [0.4, 0.5) is 0 Å². The van der Waals surface area contributed by atoms with E-state index in [2.05, 4.69) is 15.4 Å². The van der Waals surface area contributed by atoms with Crippen LogP contribution in [0.25, 0.3) is 0 Å². The maximum atomic E-state index is 12.3. The molecule has 3 rings (SSSR count). The molecular weight excluding hydrogens is 323 g/mol. The minimum Gasteiger partial charge on any atom is -0.352 e. The van der Waals surface area contributed by atoms with Gasteiger partial charge in [0.25, 0.3) is 0 Å². The van der Waals surface area contributed by atoms with Gasteiger partial charge in [-0.1, -0.05) is 35.3 Å². The molecule has 0 spiro atoms. The van der Waals surface area contributed by atoms with Gasteiger partial charge in [-0.05, 0) is 30.9 Å². The standard InChI is InChI=1S/C15H16Cl2N4O/c1-9(6-21-8-18-7-19-21)20-15(22)12-5-11(12)10-3-2-4-13(16)14(10)17/h2-4,7-9,11-12H,5-6H2,1H3,(H,20,22)/t9-,11+,12+/m1/s1. The van der Waals surface area contributed by atoms with Gasteiger partial charge in [0, 0.05) is 12.0 Å². The van der Waals surface area contributed by atoms with Crippen molar-refractivity contribution < 1.29 is 4.79 Å². The second-order valence-corrected chi connectivity index (χ2v) is 6.40. The third-order valence-electron chi connectivity index (χ3n) is 3.82. The van der Waals surface area contributed by atoms with Crippen LogP contribution in [0.2, 0.25) is 10.0 Å². The van der Waals surface area contributed by atoms with Gasteiger partial charge >= 0.3 is 0 Å². The van der Waals surface area contributed by atoms with Crippen molar-refractivity contribution in [3.8, 4) is 0 Å². The van der Waals surface area contributed by atoms with Gasteiger partial charge in [-0.25, -0.2) is 4.98 Å². The van der Waals surface area contributed by atoms with Crippen molar-refractivity contribution >= 4 is 29.1 Å². The second kappa shape index (κ2) is 6.26. The molecule has 22 heavy (non-hydrogen) atoms. The van der Waals surface area contributed by atoms with Crippen LogP contribution in [-0.4, -0.2) is 26.7 Å². The predicted octanol–water partition coefficient (Wildman–Crippen LogP) is 2.89. The molecule has 1 fully saturated rings. The number of carbonyl (C=O) groups excluding carboxylic acids is 1. The summed E-state index contributed by atoms with van der Waals surface area (Å²) in [5.74, 6) is 0.174. The first-order valence-corrected chi connectivity index (χ1v) is 7.88. The van der Waals surface area contributed by atoms with E-state index >= 15 is 0 Å². The van der Waals surface area contributed by atoms with Crippen molar-refractivity contribution in [2.45, 2.75) is 31.8 Å². The SMILES string of the molecule is C[C@H](Cn1cncn1)NC(=O)[C@H]1C[C@H]1c1cccc(Cl)c1Cl. The molecule has 1 saturated carbocycles. The van der Waals surface area contributed by atoms with Gasteiger partial charge in [-0.15, -0.1) is 0 Å². The molecule has 0 unspecified atom stereocenters. The molecular formula is C15H16Cl2N4O. The molecule has 1 heterocycles. The number of benzene rings is 1. The Morgan fingerprint density at radius 2 is 2.32 bits per heavy atom. The highest BCUT2D eigenvalue weighted by atomic mass is 35.5. The zero-order valence-corrected chi connectivity index (χ0v) is 13.6. The van der Waals surface area contributed by atoms with Crippen molar-refractivity contribution in [2.24, 2.45) is 5.92 Å². The molecule has 0 saturated heterocycles. The molecule has 0 bridgehead atoms. The number of amides is 1. The zero-order chi connectivity index (χ0) is 15.7. The van der Waals surface area contributed by atoms with Gasteiger partial charge in [0.1, 0.15) is 12.7 Å². The Morgan fingerprint density at radius 3 is 3.05 bits per heavy atom. The average Bonchev–Trinajstić information content (AvgIpc) is 3.11. The number of rotatable bonds is 5. The summed E-state index contributed by atoms with van der Waals surface area (Å²) in [4.78, 5) is 16.2. The first-order valence-electron chi connectivity index (χ1n) is 7.13. The molecule has 2 aromatic rings. The van der Waals surface area contributed by atoms with Crippen LogP contribution >= 0.6 is 23.2 Å². The van der Waals surface area contributed by atoms with Gasteiger partial charge in [0.05, 0.1) is 16.6 Å². The fourth-order valence-corrected chi connectivity index (χ4v) is 3.09. The molecule has 1 aliphatic carbocycles. The van der Waals surface area contributed by atoms with Gasteiger partial charge in [-0.3, -0.25) is 9.48 Å². The lowest BCUT2D eigenvalue weighted by Crippen LogP contribution is -2.37. The van der Waals surface area contributed by atoms with E-state index in [0.29, 0.717) is 16.6 Å². The number of nitrogens with one attached hydrogen (secondary N) is 1. The summed E-state index contributed by atoms with van der Waals surface area (Å²) in [7, 11) is 0. The summed E-state index contributed by atoms with van der Waals surface area (Å²) in [5, 5.41) is 8.13. The van der Waals surface area contributed by atoms with Crippen LogP contribution in [0.1, 0.15) is 24.8 Å². The lowest BCUT2D eigenvalue weighted by Gasteiger charge is -2.13. The molecule has 116 valence electrons. The molecule has 1 amide bonds. The molecule has 0 radical (unpaired) electrons. The van der Waals surface area contributed by atoms with Gasteiger partial charge in [0.2, 0.25) is 5.91 Å². The maximum absolute atomic E-state index is 12.3. The first kappa shape index (κ1) is 15.3. The Labute approximate surface area is 138 Å². The van der Waals surface area contributed by atoms with Crippen molar-refractivity contribution in [3.63, 3.8) is 0 Å². The van der Waals surface area contributed by atoms with E-state index in [0.717, 1.165) is 12.0 Å². The van der Waals surface area contributed by atoms with Crippen LogP contribution < -0.4 is 5.32 Å². The Morgan fingerprint density at radius 1 is 1.50 bits per heavy atom. The Hall–Kier alpha value is -1.59. The summed E-state index contributed by atoms with van der Waals surface area (Å²) >= 11 is 12.2. The van der Waals surface area contributed by atoms with Crippen LogP contribution in [0.3, 0.4) is 0 Å². The van der Waals surface area contributed by atoms with E-state index in [-0.39, 0.29) is 23.8 Å². The van der Waals surface area contributed by atoms with E-state index in [4.69, 9.17) is 23.2 Å². The number of hydrogen-bond donors (Lipinski definition) is 1. The predicted molar refractivity (Wildman–Crippen MR) is 84.9 cm³/mol. The monoisotopic (exact) mass is 338 g/mol. The van der Waals surface area contributed by atoms with Crippen molar-refractivity contribution in [2.75, 3.05) is 0 Å². The van der Waals surface area contributed by atoms with E-state index < -0.39 is 0 Å². The summed E-state index contributed by atoms with van der Waals surface area (Å²) in [6.07, 6.45) is 3.92. The Bertz CT molecular complexity index is 674. The minimum absolute atomic E-state index is 0.00900. The van der Waals surface area contributed by atoms with Gasteiger partial charge < -0.3 is 5.32 Å². The van der Waals surface area contributed by atoms with E-state index in [1.165, 1.54) is 6.33 Å². The smallest absolute Gasteiger partial charge is 0.224 e. The Balaban J connectivity index is 1.57. The number of nitrogens with zero attached hydrogens (tertiary/aromatic N) is 3. The summed E-state index contributed by atoms with van der Waals surface area (Å²) in [6, 6.07) is 5.55. The largest absolute Gasteiger partial charge is 0.352 e. The van der Waals surface area contributed by atoms with Crippen molar-refractivity contribution in [3.05, 3.63) is 46.5 Å². The van der Waals surface area contributed by atoms with Gasteiger partial charge in [-0.2, -0.15) is 5.10 Å². The van der Waals surface area contributed by atoms with E-state index in [1.54, 1.807) is 17.1 Å². The normalized spacial score (nSPS) is 21.4. The molecule has 5 nitrogen and oxygen atoms in total. The third kappa shape index (κ3) is 3.25. The Kier molecular flexibility index (Phi) is 4.36. The summed E-state index contributed by atoms with van der Waals surface area (Å²) < 4.78 is 1.70. The first-order chi connectivity index (χ1) is 10.6. The summed E-state index contributed by atoms with van der Waals surface area (Å²) in [6.45, 7) is 2.55. The lowest BCUT2D eigenvalue weighted by molar-refractivity contribution is -0.123. The quantitative estimate of drug-likeness (QED) is 0.911. The highest BCUT2D eigenvalue weighted by Gasteiger charge is 2.45. The van der Waals surface area contributed by atoms with Gasteiger partial charge in [0.15, 0.2) is 0 Å². The number of halogens is 2. The zero-order valence-electron chi connectivity index (χ0n) is 12.0. The molecule has 1 aromatic carbocycles. The van der Waals surface area contributed by atoms with E-state index in [1.807, 2.05) is 19.1 Å². The number of hydrogen-bond acceptors (Lipinski definition) is 3. The van der Waals surface area contributed by atoms with E-state index in [9.17, 15) is 4.79 Å². The van der Waals surface area contributed by atoms with Crippen LogP contribution in [0.15, 0.2) is 30.9 Å². The molecule has 0 aliphatic heterocycles. The van der Waals surface area contributed by atoms with Crippen LogP contribution in [-0.2, 0) is 11.3 Å². The molecule has 3 atom stereocenters. The maximum Gasteiger partial charge on any atom is 0.224 e. The molecule has 7 heteroatoms. The highest BCUT2D eigenvalue weighted by Crippen LogP contribution is 2.50. The second-order valence-electron chi connectivity index (χ2n) is 5.62. The number of carbonyl (C=O) groups is 1. The van der Waals surface area contributed by atoms with Crippen LogP contribution in [0.5, 0.6) is 0 Å². The molecule has 1 N–H and O–H groups in total. The fourth-order valence-electron chi connectivity index (χ4n) is 2.64. The highest BCUT2D eigenvalue weighted by molar-refractivity contribution is 6.42. The number of aromatic nitrogens is 3. The fraction of sp³-hybridized carbons (Fsp3) is 0.400. The molecule has 1 aliphatic rings. The van der Waals surface area contributed by atoms with Crippen LogP contribution in [0, 0.1) is 5.92 Å². The third-order valence-corrected chi connectivity index (χ3v) is 4.66. The molecule has 1 aromatic heterocycles. The van der Waals surface area contributed by atoms with Crippen molar-refractivity contribution in [1.29, 1.82) is 0 Å². The average molecular weight is 339 g/mol.